The van der Waals surface area contributed by atoms with Crippen LogP contribution in [0.15, 0.2) is 53.4 Å². The van der Waals surface area contributed by atoms with Gasteiger partial charge in [0.15, 0.2) is 11.5 Å². The van der Waals surface area contributed by atoms with Gasteiger partial charge in [-0.05, 0) is 43.3 Å². The molecule has 0 spiro atoms. The number of fused-ring (bicyclic) bond motifs is 1. The van der Waals surface area contributed by atoms with Crippen LogP contribution in [0.5, 0.6) is 11.5 Å². The van der Waals surface area contributed by atoms with Gasteiger partial charge in [0.1, 0.15) is 12.7 Å². The number of para-hydroxylation sites is 2. The third-order valence-corrected chi connectivity index (χ3v) is 4.99. The van der Waals surface area contributed by atoms with Gasteiger partial charge in [-0.3, -0.25) is 4.79 Å². The molecule has 3 rings (SSSR count). The predicted molar refractivity (Wildman–Crippen MR) is 100 cm³/mol. The van der Waals surface area contributed by atoms with Crippen LogP contribution in [0.25, 0.3) is 0 Å². The van der Waals surface area contributed by atoms with E-state index < -0.39 is 16.1 Å². The maximum Gasteiger partial charge on any atom is 0.241 e. The van der Waals surface area contributed by atoms with Crippen molar-refractivity contribution < 1.29 is 22.7 Å². The Balaban J connectivity index is 1.50. The fourth-order valence-electron chi connectivity index (χ4n) is 2.54. The molecule has 8 nitrogen and oxygen atoms in total. The molecule has 9 heteroatoms. The summed E-state index contributed by atoms with van der Waals surface area (Å²) in [6, 6.07) is 12.6. The van der Waals surface area contributed by atoms with Gasteiger partial charge in [-0.25, -0.2) is 13.6 Å². The monoisotopic (exact) mass is 391 g/mol. The zero-order valence-corrected chi connectivity index (χ0v) is 15.5. The predicted octanol–water partition coefficient (Wildman–Crippen LogP) is 1.09. The third kappa shape index (κ3) is 4.97. The van der Waals surface area contributed by atoms with Crippen LogP contribution < -0.4 is 25.2 Å². The molecule has 4 N–H and O–H groups in total. The minimum absolute atomic E-state index is 0.0126. The van der Waals surface area contributed by atoms with E-state index in [0.717, 1.165) is 0 Å². The molecule has 0 saturated carbocycles. The van der Waals surface area contributed by atoms with E-state index in [-0.39, 0.29) is 16.9 Å². The summed E-state index contributed by atoms with van der Waals surface area (Å²) in [6.45, 7) is 2.56. The van der Waals surface area contributed by atoms with Gasteiger partial charge in [0, 0.05) is 12.2 Å². The first-order chi connectivity index (χ1) is 12.8. The third-order valence-electron chi connectivity index (χ3n) is 4.06. The average molecular weight is 391 g/mol. The van der Waals surface area contributed by atoms with E-state index in [1.54, 1.807) is 6.92 Å². The van der Waals surface area contributed by atoms with Crippen molar-refractivity contribution in [2.75, 3.05) is 18.5 Å². The van der Waals surface area contributed by atoms with Crippen LogP contribution in [0, 0.1) is 0 Å². The first-order valence-electron chi connectivity index (χ1n) is 8.38. The second-order valence-electron chi connectivity index (χ2n) is 6.19. The lowest BCUT2D eigenvalue weighted by molar-refractivity contribution is -0.117. The molecule has 0 fully saturated rings. The molecule has 2 aromatic rings. The van der Waals surface area contributed by atoms with E-state index in [4.69, 9.17) is 14.6 Å². The molecule has 0 bridgehead atoms. The molecule has 0 radical (unpaired) electrons. The second-order valence-corrected chi connectivity index (χ2v) is 7.75. The van der Waals surface area contributed by atoms with Crippen molar-refractivity contribution in [3.63, 3.8) is 0 Å². The van der Waals surface area contributed by atoms with Crippen molar-refractivity contribution in [1.29, 1.82) is 0 Å². The fourth-order valence-corrected chi connectivity index (χ4v) is 3.06. The van der Waals surface area contributed by atoms with Gasteiger partial charge in [0.2, 0.25) is 15.9 Å². The summed E-state index contributed by atoms with van der Waals surface area (Å²) in [6.07, 6.45) is -0.204. The lowest BCUT2D eigenvalue weighted by Gasteiger charge is -2.27. The second kappa shape index (κ2) is 7.95. The number of nitrogens with two attached hydrogens (primary N) is 1. The molecule has 1 amide bonds. The van der Waals surface area contributed by atoms with E-state index in [1.807, 2.05) is 24.3 Å². The highest BCUT2D eigenvalue weighted by atomic mass is 32.2. The number of benzene rings is 2. The summed E-state index contributed by atoms with van der Waals surface area (Å²) < 4.78 is 34.0. The number of anilines is 1. The Hall–Kier alpha value is -2.62. The van der Waals surface area contributed by atoms with Crippen molar-refractivity contribution in [2.24, 2.45) is 5.14 Å². The van der Waals surface area contributed by atoms with Gasteiger partial charge in [-0.1, -0.05) is 12.1 Å². The molecule has 0 aliphatic carbocycles. The Morgan fingerprint density at radius 1 is 1.19 bits per heavy atom. The van der Waals surface area contributed by atoms with Crippen LogP contribution in [0.1, 0.15) is 6.92 Å². The summed E-state index contributed by atoms with van der Waals surface area (Å²) >= 11 is 0. The lowest BCUT2D eigenvalue weighted by atomic mass is 10.2. The zero-order chi connectivity index (χ0) is 19.4. The van der Waals surface area contributed by atoms with Gasteiger partial charge < -0.3 is 20.1 Å². The highest BCUT2D eigenvalue weighted by molar-refractivity contribution is 7.89. The zero-order valence-electron chi connectivity index (χ0n) is 14.7. The van der Waals surface area contributed by atoms with Crippen LogP contribution in [0.3, 0.4) is 0 Å². The number of hydrogen-bond donors (Lipinski definition) is 3. The molecule has 2 aromatic carbocycles. The first kappa shape index (κ1) is 19.2. The maximum atomic E-state index is 12.3. The normalized spacial score (nSPS) is 17.2. The SMILES string of the molecule is CC(NCC1COc2ccccc2O1)C(=O)Nc1ccc(S(N)(=O)=O)cc1. The number of amides is 1. The van der Waals surface area contributed by atoms with Crippen LogP contribution in [0.2, 0.25) is 0 Å². The number of nitrogens with one attached hydrogen (secondary N) is 2. The van der Waals surface area contributed by atoms with Crippen molar-refractivity contribution >= 4 is 21.6 Å². The standard InChI is InChI=1S/C18H21N3O5S/c1-12(18(22)21-13-6-8-15(9-7-13)27(19,23)24)20-10-14-11-25-16-4-2-3-5-17(16)26-14/h2-9,12,14,20H,10-11H2,1H3,(H,21,22)(H2,19,23,24). The van der Waals surface area contributed by atoms with Gasteiger partial charge in [0.05, 0.1) is 10.9 Å². The molecule has 1 aliphatic rings. The topological polar surface area (TPSA) is 120 Å². The smallest absolute Gasteiger partial charge is 0.241 e. The molecule has 144 valence electrons. The average Bonchev–Trinajstić information content (AvgIpc) is 2.65. The Labute approximate surface area is 157 Å². The molecule has 2 unspecified atom stereocenters. The number of carbonyl (C=O) groups is 1. The molecule has 1 heterocycles. The molecule has 27 heavy (non-hydrogen) atoms. The van der Waals surface area contributed by atoms with Gasteiger partial charge in [0.25, 0.3) is 0 Å². The van der Waals surface area contributed by atoms with Crippen LogP contribution in [0.4, 0.5) is 5.69 Å². The van der Waals surface area contributed by atoms with E-state index in [2.05, 4.69) is 10.6 Å². The largest absolute Gasteiger partial charge is 0.486 e. The molecular formula is C18H21N3O5S. The van der Waals surface area contributed by atoms with E-state index >= 15 is 0 Å². The van der Waals surface area contributed by atoms with Crippen molar-refractivity contribution in [2.45, 2.75) is 24.0 Å². The van der Waals surface area contributed by atoms with Gasteiger partial charge >= 0.3 is 0 Å². The number of carbonyl (C=O) groups excluding carboxylic acids is 1. The lowest BCUT2D eigenvalue weighted by Crippen LogP contribution is -2.45. The Bertz CT molecular complexity index is 915. The van der Waals surface area contributed by atoms with Crippen LogP contribution in [-0.4, -0.2) is 39.6 Å². The van der Waals surface area contributed by atoms with E-state index in [0.29, 0.717) is 30.3 Å². The van der Waals surface area contributed by atoms with E-state index in [1.165, 1.54) is 24.3 Å². The van der Waals surface area contributed by atoms with Crippen molar-refractivity contribution in [3.05, 3.63) is 48.5 Å². The number of primary sulfonamides is 1. The number of hydrogen-bond acceptors (Lipinski definition) is 6. The minimum Gasteiger partial charge on any atom is -0.486 e. The minimum atomic E-state index is -3.76. The molecular weight excluding hydrogens is 370 g/mol. The highest BCUT2D eigenvalue weighted by Gasteiger charge is 2.22. The number of sulfonamides is 1. The summed E-state index contributed by atoms with van der Waals surface area (Å²) in [4.78, 5) is 12.3. The molecule has 1 aliphatic heterocycles. The van der Waals surface area contributed by atoms with Crippen LogP contribution in [-0.2, 0) is 14.8 Å². The summed E-state index contributed by atoms with van der Waals surface area (Å²) in [5, 5.41) is 10.9. The van der Waals surface area contributed by atoms with Crippen molar-refractivity contribution in [3.8, 4) is 11.5 Å². The molecule has 2 atom stereocenters. The molecule has 0 aromatic heterocycles. The number of rotatable bonds is 6. The van der Waals surface area contributed by atoms with Crippen molar-refractivity contribution in [1.82, 2.24) is 5.32 Å². The summed E-state index contributed by atoms with van der Waals surface area (Å²) in [5.41, 5.74) is 0.479. The van der Waals surface area contributed by atoms with Crippen LogP contribution >= 0.6 is 0 Å². The fraction of sp³-hybridized carbons (Fsp3) is 0.278. The molecule has 0 saturated heterocycles. The quantitative estimate of drug-likeness (QED) is 0.678. The summed E-state index contributed by atoms with van der Waals surface area (Å²) in [7, 11) is -3.76. The van der Waals surface area contributed by atoms with E-state index in [9.17, 15) is 13.2 Å². The Morgan fingerprint density at radius 3 is 2.52 bits per heavy atom. The maximum absolute atomic E-state index is 12.3. The Kier molecular flexibility index (Phi) is 5.64. The van der Waals surface area contributed by atoms with Gasteiger partial charge in [-0.2, -0.15) is 0 Å². The Morgan fingerprint density at radius 2 is 1.85 bits per heavy atom. The highest BCUT2D eigenvalue weighted by Crippen LogP contribution is 2.30. The van der Waals surface area contributed by atoms with Gasteiger partial charge in [-0.15, -0.1) is 0 Å². The summed E-state index contributed by atoms with van der Waals surface area (Å²) in [5.74, 6) is 1.14. The number of ether oxygens (including phenoxy) is 2. The first-order valence-corrected chi connectivity index (χ1v) is 9.93.